The molecule has 4 heterocycles. The first-order valence-electron chi connectivity index (χ1n) is 9.84. The maximum absolute atomic E-state index is 12.5. The van der Waals surface area contributed by atoms with Crippen molar-refractivity contribution in [2.24, 2.45) is 0 Å². The van der Waals surface area contributed by atoms with Gasteiger partial charge in [-0.1, -0.05) is 29.8 Å². The van der Waals surface area contributed by atoms with Gasteiger partial charge in [0.1, 0.15) is 5.82 Å². The zero-order valence-electron chi connectivity index (χ0n) is 16.1. The molecular weight excluding hydrogens is 388 g/mol. The second-order valence-corrected chi connectivity index (χ2v) is 7.94. The van der Waals surface area contributed by atoms with Crippen molar-refractivity contribution >= 4 is 29.1 Å². The van der Waals surface area contributed by atoms with E-state index in [1.807, 2.05) is 43.3 Å². The smallest absolute Gasteiger partial charge is 0.226 e. The number of nitrogens with one attached hydrogen (secondary N) is 1. The maximum Gasteiger partial charge on any atom is 0.226 e. The monoisotopic (exact) mass is 408 g/mol. The first kappa shape index (κ1) is 18.1. The van der Waals surface area contributed by atoms with E-state index in [2.05, 4.69) is 25.5 Å². The predicted octanol–water partition coefficient (Wildman–Crippen LogP) is 3.70. The highest BCUT2D eigenvalue weighted by Crippen LogP contribution is 2.42. The predicted molar refractivity (Wildman–Crippen MR) is 112 cm³/mol. The molecule has 0 aliphatic carbocycles. The van der Waals surface area contributed by atoms with E-state index in [1.54, 1.807) is 4.68 Å². The van der Waals surface area contributed by atoms with Crippen LogP contribution in [0.1, 0.15) is 42.0 Å². The van der Waals surface area contributed by atoms with E-state index < -0.39 is 0 Å². The summed E-state index contributed by atoms with van der Waals surface area (Å²) in [6, 6.07) is 11.5. The molecule has 1 atom stereocenters. The normalized spacial score (nSPS) is 18.6. The Morgan fingerprint density at radius 3 is 2.52 bits per heavy atom. The summed E-state index contributed by atoms with van der Waals surface area (Å²) < 4.78 is 1.67. The maximum atomic E-state index is 12.5. The molecule has 1 aromatic carbocycles. The fourth-order valence-corrected chi connectivity index (χ4v) is 4.55. The number of carbonyl (C=O) groups is 1. The largest absolute Gasteiger partial charge is 0.355 e. The Morgan fingerprint density at radius 1 is 1.07 bits per heavy atom. The first-order valence-corrected chi connectivity index (χ1v) is 10.2. The number of fused-ring (bicyclic) bond motifs is 1. The average molecular weight is 409 g/mol. The van der Waals surface area contributed by atoms with Gasteiger partial charge in [-0.3, -0.25) is 4.79 Å². The second-order valence-electron chi connectivity index (χ2n) is 7.53. The number of anilines is 2. The lowest BCUT2D eigenvalue weighted by atomic mass is 9.86. The number of aromatic nitrogens is 4. The van der Waals surface area contributed by atoms with Crippen molar-refractivity contribution in [3.05, 3.63) is 58.2 Å². The summed E-state index contributed by atoms with van der Waals surface area (Å²) in [5.74, 6) is 1.90. The first-order chi connectivity index (χ1) is 14.1. The molecule has 7 nitrogen and oxygen atoms in total. The van der Waals surface area contributed by atoms with Crippen LogP contribution in [0.3, 0.4) is 0 Å². The highest BCUT2D eigenvalue weighted by atomic mass is 35.5. The van der Waals surface area contributed by atoms with Gasteiger partial charge in [0.15, 0.2) is 11.6 Å². The third kappa shape index (κ3) is 3.15. The average Bonchev–Trinajstić information content (AvgIpc) is 3.37. The Balaban J connectivity index is 1.56. The highest BCUT2D eigenvalue weighted by molar-refractivity contribution is 6.31. The number of aryl methyl sites for hydroxylation is 1. The molecule has 2 aromatic heterocycles. The molecule has 1 amide bonds. The lowest BCUT2D eigenvalue weighted by molar-refractivity contribution is -0.116. The van der Waals surface area contributed by atoms with E-state index >= 15 is 0 Å². The van der Waals surface area contributed by atoms with Gasteiger partial charge in [-0.25, -0.2) is 0 Å². The zero-order valence-corrected chi connectivity index (χ0v) is 16.9. The molecule has 0 unspecified atom stereocenters. The fourth-order valence-electron chi connectivity index (χ4n) is 4.28. The van der Waals surface area contributed by atoms with Gasteiger partial charge < -0.3 is 10.2 Å². The third-order valence-electron chi connectivity index (χ3n) is 5.67. The molecule has 1 saturated heterocycles. The van der Waals surface area contributed by atoms with E-state index in [9.17, 15) is 4.79 Å². The molecule has 1 fully saturated rings. The Labute approximate surface area is 173 Å². The van der Waals surface area contributed by atoms with Gasteiger partial charge in [0.2, 0.25) is 5.91 Å². The summed E-state index contributed by atoms with van der Waals surface area (Å²) in [5, 5.41) is 17.1. The number of rotatable bonds is 3. The third-order valence-corrected chi connectivity index (χ3v) is 6.01. The van der Waals surface area contributed by atoms with Crippen LogP contribution in [0.25, 0.3) is 5.82 Å². The lowest BCUT2D eigenvalue weighted by Gasteiger charge is -2.25. The van der Waals surface area contributed by atoms with Crippen LogP contribution in [0.5, 0.6) is 0 Å². The quantitative estimate of drug-likeness (QED) is 0.715. The number of hydrogen-bond acceptors (Lipinski definition) is 5. The summed E-state index contributed by atoms with van der Waals surface area (Å²) in [6.45, 7) is 3.97. The van der Waals surface area contributed by atoms with Crippen LogP contribution in [0.15, 0.2) is 36.4 Å². The number of carbonyl (C=O) groups excluding carboxylic acids is 1. The highest BCUT2D eigenvalue weighted by Gasteiger charge is 2.33. The van der Waals surface area contributed by atoms with Gasteiger partial charge in [-0.2, -0.15) is 9.78 Å². The number of nitrogens with zero attached hydrogens (tertiary/aromatic N) is 5. The minimum Gasteiger partial charge on any atom is -0.355 e. The van der Waals surface area contributed by atoms with E-state index in [0.717, 1.165) is 35.7 Å². The van der Waals surface area contributed by atoms with E-state index in [-0.39, 0.29) is 11.8 Å². The molecular formula is C21H21ClN6O. The summed E-state index contributed by atoms with van der Waals surface area (Å²) in [4.78, 5) is 14.7. The molecule has 2 aliphatic rings. The van der Waals surface area contributed by atoms with Crippen LogP contribution in [-0.4, -0.2) is 39.0 Å². The van der Waals surface area contributed by atoms with Crippen LogP contribution >= 0.6 is 11.6 Å². The van der Waals surface area contributed by atoms with Crippen LogP contribution in [0.4, 0.5) is 11.6 Å². The van der Waals surface area contributed by atoms with Crippen LogP contribution in [0, 0.1) is 6.92 Å². The van der Waals surface area contributed by atoms with Crippen molar-refractivity contribution in [2.75, 3.05) is 23.3 Å². The second kappa shape index (κ2) is 7.15. The topological polar surface area (TPSA) is 75.9 Å². The van der Waals surface area contributed by atoms with E-state index in [1.165, 1.54) is 12.8 Å². The molecule has 1 N–H and O–H groups in total. The van der Waals surface area contributed by atoms with E-state index in [4.69, 9.17) is 11.6 Å². The van der Waals surface area contributed by atoms with Crippen molar-refractivity contribution in [2.45, 2.75) is 32.1 Å². The standard InChI is InChI=1S/C21H21ClN6O/c1-13-20-15(14-6-2-3-7-16(14)22)12-19(29)23-21(20)28(26-13)18-9-8-17(24-25-18)27-10-4-5-11-27/h2-3,6-9,15H,4-5,10-12H2,1H3,(H,23,29)/t15-/m0/s1. The number of hydrogen-bond donors (Lipinski definition) is 1. The van der Waals surface area contributed by atoms with Crippen LogP contribution < -0.4 is 10.2 Å². The van der Waals surface area contributed by atoms with Gasteiger partial charge in [-0.15, -0.1) is 10.2 Å². The Kier molecular flexibility index (Phi) is 4.47. The number of halogens is 1. The van der Waals surface area contributed by atoms with Crippen molar-refractivity contribution in [1.29, 1.82) is 0 Å². The Morgan fingerprint density at radius 2 is 1.79 bits per heavy atom. The van der Waals surface area contributed by atoms with Crippen molar-refractivity contribution in [3.8, 4) is 5.82 Å². The molecule has 8 heteroatoms. The summed E-state index contributed by atoms with van der Waals surface area (Å²) >= 11 is 6.44. The summed E-state index contributed by atoms with van der Waals surface area (Å²) in [6.07, 6.45) is 2.71. The Bertz CT molecular complexity index is 1070. The molecule has 0 radical (unpaired) electrons. The molecule has 148 valence electrons. The molecule has 3 aromatic rings. The fraction of sp³-hybridized carbons (Fsp3) is 0.333. The minimum absolute atomic E-state index is 0.0646. The van der Waals surface area contributed by atoms with Gasteiger partial charge in [0, 0.05) is 36.0 Å². The Hall–Kier alpha value is -2.93. The number of benzene rings is 1. The van der Waals surface area contributed by atoms with Crippen LogP contribution in [0.2, 0.25) is 5.02 Å². The lowest BCUT2D eigenvalue weighted by Crippen LogP contribution is -2.25. The van der Waals surface area contributed by atoms with Gasteiger partial charge >= 0.3 is 0 Å². The zero-order chi connectivity index (χ0) is 20.0. The molecule has 0 spiro atoms. The van der Waals surface area contributed by atoms with Gasteiger partial charge in [0.25, 0.3) is 0 Å². The van der Waals surface area contributed by atoms with Crippen LogP contribution in [-0.2, 0) is 4.79 Å². The van der Waals surface area contributed by atoms with Gasteiger partial charge in [-0.05, 0) is 43.5 Å². The molecule has 5 rings (SSSR count). The minimum atomic E-state index is -0.141. The molecule has 0 bridgehead atoms. The summed E-state index contributed by atoms with van der Waals surface area (Å²) in [5.41, 5.74) is 2.75. The molecule has 29 heavy (non-hydrogen) atoms. The number of amides is 1. The summed E-state index contributed by atoms with van der Waals surface area (Å²) in [7, 11) is 0. The molecule has 0 saturated carbocycles. The SMILES string of the molecule is Cc1nn(-c2ccc(N3CCCC3)nn2)c2c1[C@H](c1ccccc1Cl)CC(=O)N2. The van der Waals surface area contributed by atoms with E-state index in [0.29, 0.717) is 23.1 Å². The van der Waals surface area contributed by atoms with Crippen molar-refractivity contribution < 1.29 is 4.79 Å². The van der Waals surface area contributed by atoms with Crippen molar-refractivity contribution in [3.63, 3.8) is 0 Å². The molecule has 2 aliphatic heterocycles. The van der Waals surface area contributed by atoms with Crippen molar-refractivity contribution in [1.82, 2.24) is 20.0 Å². The van der Waals surface area contributed by atoms with Gasteiger partial charge in [0.05, 0.1) is 5.69 Å².